The van der Waals surface area contributed by atoms with Crippen molar-refractivity contribution in [3.8, 4) is 0 Å². The number of carbonyl (C=O) groups excluding carboxylic acids is 1. The summed E-state index contributed by atoms with van der Waals surface area (Å²) >= 11 is 5.21. The molecule has 3 N–H and O–H groups in total. The van der Waals surface area contributed by atoms with Crippen molar-refractivity contribution in [1.82, 2.24) is 15.5 Å². The Balaban J connectivity index is 1.38. The summed E-state index contributed by atoms with van der Waals surface area (Å²) in [5.41, 5.74) is 3.36. The van der Waals surface area contributed by atoms with Gasteiger partial charge in [-0.15, -0.1) is 0 Å². The minimum Gasteiger partial charge on any atom is -0.315 e. The molecule has 0 saturated carbocycles. The van der Waals surface area contributed by atoms with Gasteiger partial charge in [0.15, 0.2) is 10.9 Å². The number of fused-ring (bicyclic) bond motifs is 1. The molecule has 3 aromatic carbocycles. The monoisotopic (exact) mass is 404 g/mol. The van der Waals surface area contributed by atoms with Crippen LogP contribution in [0.2, 0.25) is 0 Å². The lowest BCUT2D eigenvalue weighted by atomic mass is 10.0. The molecule has 0 aliphatic heterocycles. The number of amides is 1. The maximum Gasteiger partial charge on any atom is 0.257 e. The molecule has 7 heteroatoms. The van der Waals surface area contributed by atoms with E-state index in [1.165, 1.54) is 17.7 Å². The number of benzene rings is 3. The molecule has 1 aromatic heterocycles. The Morgan fingerprint density at radius 1 is 1.00 bits per heavy atom. The van der Waals surface area contributed by atoms with E-state index in [1.807, 2.05) is 30.3 Å². The van der Waals surface area contributed by atoms with Crippen LogP contribution in [-0.2, 0) is 6.42 Å². The molecular formula is C22H17FN4OS. The number of nitrogens with zero attached hydrogens (tertiary/aromatic N) is 1. The number of H-pyrrole nitrogens is 1. The Kier molecular flexibility index (Phi) is 5.31. The van der Waals surface area contributed by atoms with Gasteiger partial charge in [0.1, 0.15) is 5.82 Å². The lowest BCUT2D eigenvalue weighted by Gasteiger charge is -2.09. The molecule has 0 atom stereocenters. The number of aromatic nitrogens is 2. The number of halogens is 1. The molecule has 0 aliphatic carbocycles. The van der Waals surface area contributed by atoms with Gasteiger partial charge in [-0.3, -0.25) is 15.2 Å². The molecule has 0 bridgehead atoms. The van der Waals surface area contributed by atoms with Crippen LogP contribution in [0.1, 0.15) is 21.5 Å². The second-order valence-electron chi connectivity index (χ2n) is 6.53. The largest absolute Gasteiger partial charge is 0.315 e. The predicted molar refractivity (Wildman–Crippen MR) is 115 cm³/mol. The summed E-state index contributed by atoms with van der Waals surface area (Å²) in [7, 11) is 0. The fourth-order valence-corrected chi connectivity index (χ4v) is 3.20. The van der Waals surface area contributed by atoms with E-state index < -0.39 is 0 Å². The zero-order chi connectivity index (χ0) is 20.2. The number of anilines is 1. The Hall–Kier alpha value is -3.58. The lowest BCUT2D eigenvalue weighted by Crippen LogP contribution is -2.34. The number of hydrogen-bond acceptors (Lipinski definition) is 3. The Morgan fingerprint density at radius 2 is 1.72 bits per heavy atom. The molecule has 0 radical (unpaired) electrons. The van der Waals surface area contributed by atoms with E-state index in [-0.39, 0.29) is 16.8 Å². The third-order valence-corrected chi connectivity index (χ3v) is 4.66. The summed E-state index contributed by atoms with van der Waals surface area (Å²) in [6.07, 6.45) is 0.801. The number of rotatable bonds is 4. The van der Waals surface area contributed by atoms with Crippen molar-refractivity contribution < 1.29 is 9.18 Å². The minimum absolute atomic E-state index is 0.112. The average molecular weight is 404 g/mol. The van der Waals surface area contributed by atoms with E-state index >= 15 is 0 Å². The van der Waals surface area contributed by atoms with E-state index in [9.17, 15) is 9.18 Å². The smallest absolute Gasteiger partial charge is 0.257 e. The summed E-state index contributed by atoms with van der Waals surface area (Å²) in [5, 5.41) is 13.1. The zero-order valence-electron chi connectivity index (χ0n) is 15.3. The summed E-state index contributed by atoms with van der Waals surface area (Å²) in [6.45, 7) is 0. The molecule has 29 heavy (non-hydrogen) atoms. The highest BCUT2D eigenvalue weighted by Gasteiger charge is 2.11. The van der Waals surface area contributed by atoms with E-state index in [0.717, 1.165) is 12.0 Å². The first-order valence-corrected chi connectivity index (χ1v) is 9.38. The van der Waals surface area contributed by atoms with Crippen LogP contribution in [-0.4, -0.2) is 21.2 Å². The van der Waals surface area contributed by atoms with Crippen LogP contribution in [0, 0.1) is 5.82 Å². The quantitative estimate of drug-likeness (QED) is 0.441. The normalized spacial score (nSPS) is 10.7. The topological polar surface area (TPSA) is 69.8 Å². The maximum absolute atomic E-state index is 13.3. The third-order valence-electron chi connectivity index (χ3n) is 4.45. The van der Waals surface area contributed by atoms with Crippen LogP contribution in [0.3, 0.4) is 0 Å². The van der Waals surface area contributed by atoms with Gasteiger partial charge in [-0.25, -0.2) is 4.39 Å². The van der Waals surface area contributed by atoms with Crippen molar-refractivity contribution >= 4 is 40.0 Å². The van der Waals surface area contributed by atoms with Crippen molar-refractivity contribution in [2.45, 2.75) is 6.42 Å². The first-order chi connectivity index (χ1) is 14.1. The molecular weight excluding hydrogens is 387 g/mol. The van der Waals surface area contributed by atoms with Gasteiger partial charge in [0.25, 0.3) is 5.91 Å². The summed E-state index contributed by atoms with van der Waals surface area (Å²) in [5.74, 6) is -0.262. The second kappa shape index (κ2) is 8.20. The van der Waals surface area contributed by atoms with Gasteiger partial charge in [0, 0.05) is 10.9 Å². The van der Waals surface area contributed by atoms with E-state index in [1.54, 1.807) is 18.2 Å². The van der Waals surface area contributed by atoms with Crippen LogP contribution in [0.5, 0.6) is 0 Å². The molecule has 144 valence electrons. The number of aromatic amines is 1. The fourth-order valence-electron chi connectivity index (χ4n) is 3.01. The second-order valence-corrected chi connectivity index (χ2v) is 6.94. The van der Waals surface area contributed by atoms with E-state index in [0.29, 0.717) is 22.3 Å². The summed E-state index contributed by atoms with van der Waals surface area (Å²) in [4.78, 5) is 12.4. The Labute approximate surface area is 172 Å². The lowest BCUT2D eigenvalue weighted by molar-refractivity contribution is 0.0977. The van der Waals surface area contributed by atoms with Crippen LogP contribution in [0.4, 0.5) is 10.2 Å². The molecule has 1 amide bonds. The fraction of sp³-hybridized carbons (Fsp3) is 0.0455. The van der Waals surface area contributed by atoms with Gasteiger partial charge in [-0.05, 0) is 60.1 Å². The molecule has 1 heterocycles. The van der Waals surface area contributed by atoms with Crippen molar-refractivity contribution in [3.63, 3.8) is 0 Å². The van der Waals surface area contributed by atoms with E-state index in [4.69, 9.17) is 12.2 Å². The van der Waals surface area contributed by atoms with Gasteiger partial charge in [0.05, 0.1) is 5.52 Å². The molecule has 0 saturated heterocycles. The molecule has 5 nitrogen and oxygen atoms in total. The van der Waals surface area contributed by atoms with Gasteiger partial charge < -0.3 is 5.32 Å². The van der Waals surface area contributed by atoms with Crippen LogP contribution in [0.15, 0.2) is 72.8 Å². The summed E-state index contributed by atoms with van der Waals surface area (Å²) in [6, 6.07) is 21.8. The molecule has 4 rings (SSSR count). The minimum atomic E-state index is -0.362. The van der Waals surface area contributed by atoms with Gasteiger partial charge in [0.2, 0.25) is 0 Å². The highest BCUT2D eigenvalue weighted by molar-refractivity contribution is 7.80. The van der Waals surface area contributed by atoms with Gasteiger partial charge >= 0.3 is 0 Å². The van der Waals surface area contributed by atoms with Crippen molar-refractivity contribution in [2.75, 3.05) is 5.32 Å². The van der Waals surface area contributed by atoms with Crippen LogP contribution >= 0.6 is 12.2 Å². The maximum atomic E-state index is 13.3. The van der Waals surface area contributed by atoms with Crippen molar-refractivity contribution in [1.29, 1.82) is 0 Å². The zero-order valence-corrected chi connectivity index (χ0v) is 16.1. The van der Waals surface area contributed by atoms with Crippen LogP contribution < -0.4 is 10.6 Å². The summed E-state index contributed by atoms with van der Waals surface area (Å²) < 4.78 is 13.3. The number of carbonyl (C=O) groups is 1. The molecule has 0 spiro atoms. The van der Waals surface area contributed by atoms with Gasteiger partial charge in [-0.2, -0.15) is 5.10 Å². The van der Waals surface area contributed by atoms with Crippen molar-refractivity contribution in [3.05, 3.63) is 95.3 Å². The number of nitrogens with one attached hydrogen (secondary N) is 3. The van der Waals surface area contributed by atoms with E-state index in [2.05, 4.69) is 33.0 Å². The molecule has 4 aromatic rings. The van der Waals surface area contributed by atoms with Gasteiger partial charge in [-0.1, -0.05) is 42.5 Å². The third kappa shape index (κ3) is 4.47. The molecule has 0 fully saturated rings. The standard InChI is InChI=1S/C22H17FN4OS/c23-17-10-11-18-19(13-17)26-27-20(18)24-22(29)25-21(28)16-8-6-15(7-9-16)12-14-4-2-1-3-5-14/h1-11,13H,12H2,(H3,24,25,26,27,28,29). The SMILES string of the molecule is O=C(NC(=S)Nc1n[nH]c2cc(F)ccc12)c1ccc(Cc2ccccc2)cc1. The Bertz CT molecular complexity index is 1170. The van der Waals surface area contributed by atoms with Crippen molar-refractivity contribution in [2.24, 2.45) is 0 Å². The first kappa shape index (κ1) is 18.8. The molecule has 0 aliphatic rings. The highest BCUT2D eigenvalue weighted by Crippen LogP contribution is 2.21. The first-order valence-electron chi connectivity index (χ1n) is 8.97. The van der Waals surface area contributed by atoms with Crippen LogP contribution in [0.25, 0.3) is 10.9 Å². The predicted octanol–water partition coefficient (Wildman–Crippen LogP) is 4.42. The Morgan fingerprint density at radius 3 is 2.48 bits per heavy atom. The molecule has 0 unspecified atom stereocenters. The highest BCUT2D eigenvalue weighted by atomic mass is 32.1. The number of thiocarbonyl (C=S) groups is 1. The average Bonchev–Trinajstić information content (AvgIpc) is 3.10. The number of hydrogen-bond donors (Lipinski definition) is 3.